The Balaban J connectivity index is 2.54. The molecule has 0 N–H and O–H groups in total. The lowest BCUT2D eigenvalue weighted by atomic mass is 9.70. The van der Waals surface area contributed by atoms with Crippen molar-refractivity contribution in [3.8, 4) is 0 Å². The van der Waals surface area contributed by atoms with Gasteiger partial charge in [0.1, 0.15) is 5.78 Å². The van der Waals surface area contributed by atoms with Gasteiger partial charge in [-0.25, -0.2) is 0 Å². The van der Waals surface area contributed by atoms with Crippen LogP contribution >= 0.6 is 11.6 Å². The molecule has 1 aromatic carbocycles. The summed E-state index contributed by atoms with van der Waals surface area (Å²) in [7, 11) is 0. The maximum atomic E-state index is 12.7. The van der Waals surface area contributed by atoms with Crippen LogP contribution in [-0.2, 0) is 23.9 Å². The van der Waals surface area contributed by atoms with E-state index < -0.39 is 29.7 Å². The minimum atomic E-state index is -1.21. The van der Waals surface area contributed by atoms with E-state index in [9.17, 15) is 14.4 Å². The number of Topliss-reactive ketones (excluding diaryl/α,β-unsaturated/α-hetero) is 1. The quantitative estimate of drug-likeness (QED) is 0.529. The Morgan fingerprint density at radius 3 is 2.27 bits per heavy atom. The van der Waals surface area contributed by atoms with E-state index in [1.165, 1.54) is 0 Å². The zero-order valence-electron chi connectivity index (χ0n) is 15.2. The molecule has 0 aromatic heterocycles. The maximum Gasteiger partial charge on any atom is 0.320 e. The number of ketones is 1. The minimum absolute atomic E-state index is 0.0553. The second kappa shape index (κ2) is 9.72. The highest BCUT2D eigenvalue weighted by atomic mass is 35.5. The molecule has 142 valence electrons. The summed E-state index contributed by atoms with van der Waals surface area (Å²) in [6.07, 6.45) is 2.76. The second-order valence-electron chi connectivity index (χ2n) is 6.35. The molecule has 0 radical (unpaired) electrons. The molecule has 0 unspecified atom stereocenters. The van der Waals surface area contributed by atoms with Crippen LogP contribution in [0.15, 0.2) is 24.3 Å². The first kappa shape index (κ1) is 20.4. The Hall–Kier alpha value is -1.88. The number of ether oxygens (including phenoxy) is 2. The lowest BCUT2D eigenvalue weighted by molar-refractivity contribution is -0.163. The third kappa shape index (κ3) is 4.64. The van der Waals surface area contributed by atoms with Crippen molar-refractivity contribution in [1.82, 2.24) is 0 Å². The zero-order valence-corrected chi connectivity index (χ0v) is 16.0. The predicted octanol–water partition coefficient (Wildman–Crippen LogP) is 3.93. The summed E-state index contributed by atoms with van der Waals surface area (Å²) in [6.45, 7) is 3.64. The van der Waals surface area contributed by atoms with Crippen LogP contribution in [0.25, 0.3) is 0 Å². The summed E-state index contributed by atoms with van der Waals surface area (Å²) in [4.78, 5) is 38.0. The first-order valence-corrected chi connectivity index (χ1v) is 9.49. The smallest absolute Gasteiger partial charge is 0.320 e. The van der Waals surface area contributed by atoms with Crippen LogP contribution in [-0.4, -0.2) is 30.9 Å². The van der Waals surface area contributed by atoms with Crippen molar-refractivity contribution in [2.45, 2.75) is 45.4 Å². The van der Waals surface area contributed by atoms with Crippen molar-refractivity contribution in [3.05, 3.63) is 34.9 Å². The number of benzene rings is 1. The van der Waals surface area contributed by atoms with Gasteiger partial charge in [0, 0.05) is 23.3 Å². The molecule has 0 heterocycles. The average molecular weight is 381 g/mol. The van der Waals surface area contributed by atoms with Gasteiger partial charge in [0.2, 0.25) is 0 Å². The van der Waals surface area contributed by atoms with E-state index in [1.54, 1.807) is 38.1 Å². The van der Waals surface area contributed by atoms with Crippen molar-refractivity contribution in [1.29, 1.82) is 0 Å². The number of rotatable bonds is 7. The molecule has 2 atom stereocenters. The molecule has 0 bridgehead atoms. The highest BCUT2D eigenvalue weighted by molar-refractivity contribution is 6.31. The molecule has 6 heteroatoms. The molecular formula is C20H25ClO5. The number of hydrogen-bond donors (Lipinski definition) is 0. The van der Waals surface area contributed by atoms with E-state index in [0.29, 0.717) is 23.4 Å². The first-order chi connectivity index (χ1) is 12.5. The molecule has 1 saturated carbocycles. The molecule has 26 heavy (non-hydrogen) atoms. The third-order valence-electron chi connectivity index (χ3n) is 4.74. The Bertz CT molecular complexity index is 639. The molecule has 1 fully saturated rings. The van der Waals surface area contributed by atoms with Gasteiger partial charge < -0.3 is 9.47 Å². The van der Waals surface area contributed by atoms with Crippen molar-refractivity contribution in [2.24, 2.45) is 11.8 Å². The standard InChI is InChI=1S/C20H25ClO5/c1-3-25-19(23)18(20(24)26-4-2)17(13-9-5-7-11-15(13)21)14-10-6-8-12-16(14)22/h5,7,9,11,14,17-18H,3-4,6,8,10,12H2,1-2H3/t14-,17+/m1/s1. The molecule has 1 aliphatic rings. The van der Waals surface area contributed by atoms with Gasteiger partial charge in [-0.15, -0.1) is 0 Å². The number of hydrogen-bond acceptors (Lipinski definition) is 5. The number of esters is 2. The van der Waals surface area contributed by atoms with Crippen LogP contribution < -0.4 is 0 Å². The maximum absolute atomic E-state index is 12.7. The van der Waals surface area contributed by atoms with Crippen LogP contribution in [0.5, 0.6) is 0 Å². The third-order valence-corrected chi connectivity index (χ3v) is 5.08. The van der Waals surface area contributed by atoms with Gasteiger partial charge in [-0.05, 0) is 38.3 Å². The van der Waals surface area contributed by atoms with E-state index in [-0.39, 0.29) is 19.0 Å². The fourth-order valence-electron chi connectivity index (χ4n) is 3.62. The molecule has 0 spiro atoms. The van der Waals surface area contributed by atoms with E-state index in [1.807, 2.05) is 0 Å². The van der Waals surface area contributed by atoms with E-state index in [2.05, 4.69) is 0 Å². The SMILES string of the molecule is CCOC(=O)C(C(=O)OCC)[C@@H](c1ccccc1Cl)[C@@H]1CCCCC1=O. The molecular weight excluding hydrogens is 356 g/mol. The van der Waals surface area contributed by atoms with E-state index in [0.717, 1.165) is 12.8 Å². The summed E-state index contributed by atoms with van der Waals surface area (Å²) in [5.41, 5.74) is 0.612. The number of halogens is 1. The summed E-state index contributed by atoms with van der Waals surface area (Å²) in [5, 5.41) is 0.425. The van der Waals surface area contributed by atoms with E-state index >= 15 is 0 Å². The first-order valence-electron chi connectivity index (χ1n) is 9.11. The lowest BCUT2D eigenvalue weighted by Gasteiger charge is -2.33. The fraction of sp³-hybridized carbons (Fsp3) is 0.550. The van der Waals surface area contributed by atoms with Gasteiger partial charge in [-0.3, -0.25) is 14.4 Å². The number of carbonyl (C=O) groups excluding carboxylic acids is 3. The van der Waals surface area contributed by atoms with Gasteiger partial charge >= 0.3 is 11.9 Å². The highest BCUT2D eigenvalue weighted by Gasteiger charge is 2.45. The Labute approximate surface area is 159 Å². The largest absolute Gasteiger partial charge is 0.465 e. The summed E-state index contributed by atoms with van der Waals surface area (Å²) in [5.74, 6) is -3.64. The average Bonchev–Trinajstić information content (AvgIpc) is 2.61. The van der Waals surface area contributed by atoms with Crippen LogP contribution in [0.2, 0.25) is 5.02 Å². The molecule has 0 aliphatic heterocycles. The van der Waals surface area contributed by atoms with Crippen molar-refractivity contribution < 1.29 is 23.9 Å². The van der Waals surface area contributed by atoms with Crippen LogP contribution in [0, 0.1) is 11.8 Å². The Morgan fingerprint density at radius 2 is 1.73 bits per heavy atom. The zero-order chi connectivity index (χ0) is 19.1. The lowest BCUT2D eigenvalue weighted by Crippen LogP contribution is -2.40. The normalized spacial score (nSPS) is 18.5. The van der Waals surface area contributed by atoms with Gasteiger partial charge in [-0.2, -0.15) is 0 Å². The second-order valence-corrected chi connectivity index (χ2v) is 6.75. The summed E-state index contributed by atoms with van der Waals surface area (Å²) < 4.78 is 10.3. The topological polar surface area (TPSA) is 69.7 Å². The number of carbonyl (C=O) groups is 3. The Morgan fingerprint density at radius 1 is 1.12 bits per heavy atom. The molecule has 0 amide bonds. The summed E-state index contributed by atoms with van der Waals surface area (Å²) in [6, 6.07) is 7.02. The van der Waals surface area contributed by atoms with Gasteiger partial charge in [0.25, 0.3) is 0 Å². The van der Waals surface area contributed by atoms with Crippen molar-refractivity contribution in [2.75, 3.05) is 13.2 Å². The molecule has 1 aliphatic carbocycles. The molecule has 2 rings (SSSR count). The summed E-state index contributed by atoms with van der Waals surface area (Å²) >= 11 is 6.38. The van der Waals surface area contributed by atoms with Crippen LogP contribution in [0.4, 0.5) is 0 Å². The predicted molar refractivity (Wildman–Crippen MR) is 97.9 cm³/mol. The molecule has 0 saturated heterocycles. The highest BCUT2D eigenvalue weighted by Crippen LogP contribution is 2.42. The van der Waals surface area contributed by atoms with E-state index in [4.69, 9.17) is 21.1 Å². The van der Waals surface area contributed by atoms with Crippen LogP contribution in [0.3, 0.4) is 0 Å². The van der Waals surface area contributed by atoms with Gasteiger partial charge in [-0.1, -0.05) is 36.2 Å². The van der Waals surface area contributed by atoms with Gasteiger partial charge in [0.15, 0.2) is 5.92 Å². The van der Waals surface area contributed by atoms with Crippen molar-refractivity contribution >= 4 is 29.3 Å². The van der Waals surface area contributed by atoms with Crippen molar-refractivity contribution in [3.63, 3.8) is 0 Å². The Kier molecular flexibility index (Phi) is 7.64. The van der Waals surface area contributed by atoms with Gasteiger partial charge in [0.05, 0.1) is 13.2 Å². The fourth-order valence-corrected chi connectivity index (χ4v) is 3.88. The van der Waals surface area contributed by atoms with Crippen LogP contribution in [0.1, 0.15) is 51.0 Å². The monoisotopic (exact) mass is 380 g/mol. The molecule has 1 aromatic rings. The molecule has 5 nitrogen and oxygen atoms in total. The minimum Gasteiger partial charge on any atom is -0.465 e.